The molecule has 0 saturated carbocycles. The Kier molecular flexibility index (Phi) is 11.3. The monoisotopic (exact) mass is 177 g/mol. The summed E-state index contributed by atoms with van der Waals surface area (Å²) >= 11 is 0. The maximum absolute atomic E-state index is 10.7. The van der Waals surface area contributed by atoms with Crippen molar-refractivity contribution >= 4 is 0 Å². The second kappa shape index (κ2) is 8.76. The summed E-state index contributed by atoms with van der Waals surface area (Å²) in [5.74, 6) is 0.479. The Morgan fingerprint density at radius 2 is 2.18 bits per heavy atom. The Morgan fingerprint density at radius 1 is 1.64 bits per heavy atom. The Balaban J connectivity index is 0. The van der Waals surface area contributed by atoms with Crippen LogP contribution in [0.3, 0.4) is 0 Å². The van der Waals surface area contributed by atoms with E-state index in [0.29, 0.717) is 12.3 Å². The average Bonchev–Trinajstić information content (AvgIpc) is 1.85. The Morgan fingerprint density at radius 3 is 2.55 bits per heavy atom. The average molecular weight is 177 g/mol. The van der Waals surface area contributed by atoms with Crippen LogP contribution in [0.2, 0.25) is 0 Å². The summed E-state index contributed by atoms with van der Waals surface area (Å²) in [5.41, 5.74) is 0. The summed E-state index contributed by atoms with van der Waals surface area (Å²) in [5, 5.41) is 18.7. The topological polar surface area (TPSA) is 46.8 Å². The molecule has 0 fully saturated rings. The normalized spacial score (nSPS) is 10.5. The van der Waals surface area contributed by atoms with Gasteiger partial charge in [-0.15, -0.1) is 5.76 Å². The van der Waals surface area contributed by atoms with Gasteiger partial charge in [0.05, 0.1) is 6.07 Å². The molecule has 0 aromatic carbocycles. The van der Waals surface area contributed by atoms with Crippen LogP contribution in [-0.2, 0) is 0 Å². The molecule has 0 aliphatic heterocycles. The van der Waals surface area contributed by atoms with Gasteiger partial charge in [0.15, 0.2) is 0 Å². The van der Waals surface area contributed by atoms with E-state index in [1.807, 2.05) is 0 Å². The minimum Gasteiger partial charge on any atom is -0.875 e. The maximum Gasteiger partial charge on any atom is 1.00 e. The van der Waals surface area contributed by atoms with Crippen molar-refractivity contribution in [3.05, 3.63) is 11.8 Å². The second-order valence-corrected chi connectivity index (χ2v) is 2.67. The van der Waals surface area contributed by atoms with Gasteiger partial charge in [-0.25, -0.2) is 0 Å². The molecule has 56 valence electrons. The van der Waals surface area contributed by atoms with Gasteiger partial charge in [0.2, 0.25) is 0 Å². The fourth-order valence-electron chi connectivity index (χ4n) is 0.575. The molecule has 0 aromatic rings. The third kappa shape index (κ3) is 10.7. The first-order valence-corrected chi connectivity index (χ1v) is 3.42. The van der Waals surface area contributed by atoms with E-state index in [4.69, 9.17) is 5.26 Å². The van der Waals surface area contributed by atoms with Crippen molar-refractivity contribution < 1.29 is 56.5 Å². The van der Waals surface area contributed by atoms with E-state index in [-0.39, 0.29) is 57.1 Å². The van der Waals surface area contributed by atoms with Gasteiger partial charge in [-0.3, -0.25) is 0 Å². The molecule has 0 aliphatic carbocycles. The first-order chi connectivity index (χ1) is 4.66. The van der Waals surface area contributed by atoms with Crippen molar-refractivity contribution in [3.63, 3.8) is 0 Å². The van der Waals surface area contributed by atoms with Gasteiger partial charge in [0, 0.05) is 6.08 Å². The molecule has 0 amide bonds. The quantitative estimate of drug-likeness (QED) is 0.290. The summed E-state index contributed by atoms with van der Waals surface area (Å²) in [6.45, 7) is 4.11. The van der Waals surface area contributed by atoms with Crippen molar-refractivity contribution in [2.24, 2.45) is 5.92 Å². The zero-order chi connectivity index (χ0) is 7.98. The van der Waals surface area contributed by atoms with Crippen LogP contribution >= 0.6 is 0 Å². The van der Waals surface area contributed by atoms with Crippen molar-refractivity contribution in [3.8, 4) is 6.07 Å². The van der Waals surface area contributed by atoms with Crippen molar-refractivity contribution in [1.82, 2.24) is 0 Å². The molecule has 0 atom stereocenters. The first kappa shape index (κ1) is 14.2. The van der Waals surface area contributed by atoms with Gasteiger partial charge in [-0.2, -0.15) is 5.26 Å². The Bertz CT molecular complexity index is 158. The SMILES string of the molecule is CC(C)CCC([O-])=CC#N.[K+]. The van der Waals surface area contributed by atoms with Crippen LogP contribution in [0.1, 0.15) is 26.7 Å². The molecule has 11 heavy (non-hydrogen) atoms. The maximum atomic E-state index is 10.7. The van der Waals surface area contributed by atoms with Gasteiger partial charge in [-0.1, -0.05) is 13.8 Å². The van der Waals surface area contributed by atoms with Gasteiger partial charge >= 0.3 is 51.4 Å². The van der Waals surface area contributed by atoms with E-state index in [0.717, 1.165) is 12.5 Å². The van der Waals surface area contributed by atoms with Crippen molar-refractivity contribution in [1.29, 1.82) is 5.26 Å². The summed E-state index contributed by atoms with van der Waals surface area (Å²) in [7, 11) is 0. The predicted octanol–water partition coefficient (Wildman–Crippen LogP) is -1.81. The van der Waals surface area contributed by atoms with Gasteiger partial charge in [0.25, 0.3) is 0 Å². The fourth-order valence-corrected chi connectivity index (χ4v) is 0.575. The second-order valence-electron chi connectivity index (χ2n) is 2.67. The Labute approximate surface area is 111 Å². The predicted molar refractivity (Wildman–Crippen MR) is 37.8 cm³/mol. The van der Waals surface area contributed by atoms with Crippen LogP contribution in [-0.4, -0.2) is 0 Å². The van der Waals surface area contributed by atoms with Crippen LogP contribution in [0.4, 0.5) is 0 Å². The summed E-state index contributed by atoms with van der Waals surface area (Å²) in [6.07, 6.45) is 2.45. The van der Waals surface area contributed by atoms with Crippen LogP contribution in [0.15, 0.2) is 11.8 Å². The smallest absolute Gasteiger partial charge is 0.875 e. The van der Waals surface area contributed by atoms with Gasteiger partial charge < -0.3 is 5.11 Å². The number of hydrogen-bond donors (Lipinski definition) is 0. The molecule has 2 nitrogen and oxygen atoms in total. The summed E-state index contributed by atoms with van der Waals surface area (Å²) in [6, 6.07) is 1.72. The number of allylic oxidation sites excluding steroid dienone is 2. The Hall–Kier alpha value is 0.666. The molecule has 3 heteroatoms. The van der Waals surface area contributed by atoms with Crippen molar-refractivity contribution in [2.45, 2.75) is 26.7 Å². The molecule has 0 N–H and O–H groups in total. The van der Waals surface area contributed by atoms with Crippen LogP contribution < -0.4 is 56.5 Å². The molecule has 0 radical (unpaired) electrons. The van der Waals surface area contributed by atoms with Gasteiger partial charge in [0.1, 0.15) is 0 Å². The molecule has 0 aromatic heterocycles. The van der Waals surface area contributed by atoms with E-state index < -0.39 is 0 Å². The molecule has 0 bridgehead atoms. The van der Waals surface area contributed by atoms with Crippen molar-refractivity contribution in [2.75, 3.05) is 0 Å². The standard InChI is InChI=1S/C8H13NO.K/c1-7(2)3-4-8(10)5-6-9;/h5,7,10H,3-4H2,1-2H3;/q;+1/p-1. The molecule has 0 aliphatic rings. The zero-order valence-corrected chi connectivity index (χ0v) is 10.5. The first-order valence-electron chi connectivity index (χ1n) is 3.42. The zero-order valence-electron chi connectivity index (χ0n) is 7.42. The minimum absolute atomic E-state index is 0. The summed E-state index contributed by atoms with van der Waals surface area (Å²) in [4.78, 5) is 0. The summed E-state index contributed by atoms with van der Waals surface area (Å²) < 4.78 is 0. The van der Waals surface area contributed by atoms with E-state index in [9.17, 15) is 5.11 Å². The number of hydrogen-bond acceptors (Lipinski definition) is 2. The number of rotatable bonds is 3. The molecule has 0 unspecified atom stereocenters. The number of nitrogens with zero attached hydrogens (tertiary/aromatic N) is 1. The third-order valence-electron chi connectivity index (χ3n) is 1.19. The minimum atomic E-state index is -0.0591. The van der Waals surface area contributed by atoms with Crippen LogP contribution in [0.25, 0.3) is 0 Å². The molecular formula is C8H12KNO. The molecule has 0 saturated heterocycles. The third-order valence-corrected chi connectivity index (χ3v) is 1.19. The van der Waals surface area contributed by atoms with E-state index >= 15 is 0 Å². The van der Waals surface area contributed by atoms with Crippen LogP contribution in [0.5, 0.6) is 0 Å². The van der Waals surface area contributed by atoms with Gasteiger partial charge in [-0.05, 0) is 18.8 Å². The molecule has 0 heterocycles. The van der Waals surface area contributed by atoms with E-state index in [2.05, 4.69) is 13.8 Å². The molecule has 0 spiro atoms. The molecule has 0 rings (SSSR count). The molecular weight excluding hydrogens is 165 g/mol. The van der Waals surface area contributed by atoms with E-state index in [1.54, 1.807) is 6.07 Å². The van der Waals surface area contributed by atoms with E-state index in [1.165, 1.54) is 0 Å². The number of nitriles is 1. The fraction of sp³-hybridized carbons (Fsp3) is 0.625. The van der Waals surface area contributed by atoms with Crippen LogP contribution in [0, 0.1) is 17.2 Å². The largest absolute Gasteiger partial charge is 1.00 e.